The molecule has 0 radical (unpaired) electrons. The highest BCUT2D eigenvalue weighted by Crippen LogP contribution is 2.25. The minimum absolute atomic E-state index is 0.147. The lowest BCUT2D eigenvalue weighted by atomic mass is 10.2. The van der Waals surface area contributed by atoms with Crippen molar-refractivity contribution in [1.29, 1.82) is 0 Å². The van der Waals surface area contributed by atoms with Gasteiger partial charge in [-0.2, -0.15) is 0 Å². The lowest BCUT2D eigenvalue weighted by molar-refractivity contribution is -0.114. The molecule has 1 atom stereocenters. The first kappa shape index (κ1) is 23.0. The van der Waals surface area contributed by atoms with Gasteiger partial charge in [0.1, 0.15) is 23.4 Å². The van der Waals surface area contributed by atoms with Gasteiger partial charge in [-0.15, -0.1) is 0 Å². The fourth-order valence-electron chi connectivity index (χ4n) is 2.68. The first-order valence-electron chi connectivity index (χ1n) is 9.80. The molecule has 0 aromatic heterocycles. The summed E-state index contributed by atoms with van der Waals surface area (Å²) in [5, 5.41) is 9.19. The van der Waals surface area contributed by atoms with Gasteiger partial charge in [0.05, 0.1) is 25.9 Å². The molecule has 0 saturated heterocycles. The Bertz CT molecular complexity index is 856. The van der Waals surface area contributed by atoms with Crippen LogP contribution in [0, 0.1) is 5.82 Å². The van der Waals surface area contributed by atoms with E-state index in [4.69, 9.17) is 9.47 Å². The summed E-state index contributed by atoms with van der Waals surface area (Å²) in [4.78, 5) is 16.0. The predicted octanol–water partition coefficient (Wildman–Crippen LogP) is 3.32. The van der Waals surface area contributed by atoms with Crippen molar-refractivity contribution in [2.45, 2.75) is 33.4 Å². The monoisotopic (exact) mass is 416 g/mol. The molecular weight excluding hydrogens is 387 g/mol. The molecule has 2 aromatic rings. The molecule has 8 heteroatoms. The highest BCUT2D eigenvalue weighted by atomic mass is 19.1. The van der Waals surface area contributed by atoms with E-state index in [0.29, 0.717) is 42.8 Å². The first-order chi connectivity index (χ1) is 14.4. The quantitative estimate of drug-likeness (QED) is 0.431. The van der Waals surface area contributed by atoms with Gasteiger partial charge in [-0.1, -0.05) is 6.07 Å². The van der Waals surface area contributed by atoms with Gasteiger partial charge >= 0.3 is 0 Å². The second kappa shape index (κ2) is 11.6. The van der Waals surface area contributed by atoms with E-state index in [-0.39, 0.29) is 17.8 Å². The van der Waals surface area contributed by atoms with Crippen LogP contribution >= 0.6 is 0 Å². The van der Waals surface area contributed by atoms with Crippen LogP contribution in [0.3, 0.4) is 0 Å². The number of halogens is 1. The van der Waals surface area contributed by atoms with Crippen LogP contribution in [0.5, 0.6) is 11.5 Å². The van der Waals surface area contributed by atoms with Gasteiger partial charge in [0.25, 0.3) is 0 Å². The number of ether oxygens (including phenoxy) is 2. The van der Waals surface area contributed by atoms with Gasteiger partial charge in [0, 0.05) is 13.5 Å². The van der Waals surface area contributed by atoms with Crippen LogP contribution in [-0.2, 0) is 11.3 Å². The average molecular weight is 416 g/mol. The highest BCUT2D eigenvalue weighted by molar-refractivity contribution is 5.90. The van der Waals surface area contributed by atoms with Crippen molar-refractivity contribution in [2.75, 3.05) is 25.5 Å². The molecule has 0 heterocycles. The number of aliphatic imine (C=N–C) groups is 1. The molecule has 0 aliphatic heterocycles. The number of nitrogens with one attached hydrogen (secondary N) is 3. The van der Waals surface area contributed by atoms with Crippen LogP contribution < -0.4 is 25.4 Å². The van der Waals surface area contributed by atoms with E-state index in [9.17, 15) is 9.18 Å². The van der Waals surface area contributed by atoms with Gasteiger partial charge in [-0.3, -0.25) is 4.79 Å². The Morgan fingerprint density at radius 3 is 2.53 bits per heavy atom. The molecule has 7 nitrogen and oxygen atoms in total. The number of guanidine groups is 1. The summed E-state index contributed by atoms with van der Waals surface area (Å²) in [6, 6.07) is 11.5. The van der Waals surface area contributed by atoms with Crippen LogP contribution in [0.15, 0.2) is 47.5 Å². The average Bonchev–Trinajstić information content (AvgIpc) is 2.71. The number of carbonyl (C=O) groups is 1. The zero-order valence-electron chi connectivity index (χ0n) is 17.8. The summed E-state index contributed by atoms with van der Waals surface area (Å²) in [5.74, 6) is 1.38. The fraction of sp³-hybridized carbons (Fsp3) is 0.364. The Labute approximate surface area is 176 Å². The molecule has 3 N–H and O–H groups in total. The maximum Gasteiger partial charge on any atom is 0.221 e. The standard InChI is InChI=1S/C22H29FN4O3/c1-5-24-22(25-13-15(2)30-19-9-7-18(23)8-10-19)26-14-17-6-11-21(29-4)20(12-17)27-16(3)28/h6-12,15H,5,13-14H2,1-4H3,(H,27,28)(H2,24,25,26). The number of amides is 1. The smallest absolute Gasteiger partial charge is 0.221 e. The van der Waals surface area contributed by atoms with E-state index in [2.05, 4.69) is 20.9 Å². The number of methoxy groups -OCH3 is 1. The third-order valence-corrected chi connectivity index (χ3v) is 4.05. The number of hydrogen-bond acceptors (Lipinski definition) is 4. The van der Waals surface area contributed by atoms with Crippen LogP contribution in [0.25, 0.3) is 0 Å². The summed E-state index contributed by atoms with van der Waals surface area (Å²) in [6.07, 6.45) is -0.147. The summed E-state index contributed by atoms with van der Waals surface area (Å²) >= 11 is 0. The summed E-state index contributed by atoms with van der Waals surface area (Å²) in [5.41, 5.74) is 1.53. The summed E-state index contributed by atoms with van der Waals surface area (Å²) in [6.45, 7) is 6.99. The van der Waals surface area contributed by atoms with Crippen molar-refractivity contribution in [3.05, 3.63) is 53.8 Å². The third-order valence-electron chi connectivity index (χ3n) is 4.05. The largest absolute Gasteiger partial charge is 0.495 e. The van der Waals surface area contributed by atoms with E-state index in [1.165, 1.54) is 19.1 Å². The number of hydrogen-bond donors (Lipinski definition) is 3. The fourth-order valence-corrected chi connectivity index (χ4v) is 2.68. The minimum atomic E-state index is -0.296. The number of nitrogens with zero attached hydrogens (tertiary/aromatic N) is 1. The molecule has 162 valence electrons. The molecule has 1 unspecified atom stereocenters. The maximum absolute atomic E-state index is 13.0. The zero-order valence-corrected chi connectivity index (χ0v) is 17.8. The van der Waals surface area contributed by atoms with Gasteiger partial charge in [-0.25, -0.2) is 9.38 Å². The van der Waals surface area contributed by atoms with Crippen LogP contribution in [0.1, 0.15) is 26.3 Å². The second-order valence-corrected chi connectivity index (χ2v) is 6.67. The van der Waals surface area contributed by atoms with E-state index >= 15 is 0 Å². The van der Waals surface area contributed by atoms with E-state index in [1.807, 2.05) is 26.0 Å². The summed E-state index contributed by atoms with van der Waals surface area (Å²) in [7, 11) is 1.56. The lowest BCUT2D eigenvalue weighted by Crippen LogP contribution is -2.41. The second-order valence-electron chi connectivity index (χ2n) is 6.67. The Hall–Kier alpha value is -3.29. The van der Waals surface area contributed by atoms with Crippen molar-refractivity contribution < 1.29 is 18.7 Å². The van der Waals surface area contributed by atoms with Crippen molar-refractivity contribution in [1.82, 2.24) is 10.6 Å². The first-order valence-corrected chi connectivity index (χ1v) is 9.80. The highest BCUT2D eigenvalue weighted by Gasteiger charge is 2.08. The SMILES string of the molecule is CCNC(=NCc1ccc(OC)c(NC(C)=O)c1)NCC(C)Oc1ccc(F)cc1. The Balaban J connectivity index is 1.98. The lowest BCUT2D eigenvalue weighted by Gasteiger charge is -2.18. The van der Waals surface area contributed by atoms with E-state index in [0.717, 1.165) is 5.56 Å². The molecule has 0 bridgehead atoms. The Kier molecular flexibility index (Phi) is 8.93. The predicted molar refractivity (Wildman–Crippen MR) is 117 cm³/mol. The number of carbonyl (C=O) groups excluding carboxylic acids is 1. The maximum atomic E-state index is 13.0. The molecule has 0 spiro atoms. The molecule has 0 saturated carbocycles. The Morgan fingerprint density at radius 2 is 1.90 bits per heavy atom. The van der Waals surface area contributed by atoms with Crippen molar-refractivity contribution in [3.8, 4) is 11.5 Å². The van der Waals surface area contributed by atoms with E-state index in [1.54, 1.807) is 25.3 Å². The van der Waals surface area contributed by atoms with Crippen molar-refractivity contribution in [3.63, 3.8) is 0 Å². The van der Waals surface area contributed by atoms with Crippen molar-refractivity contribution in [2.24, 2.45) is 4.99 Å². The van der Waals surface area contributed by atoms with Gasteiger partial charge in [0.2, 0.25) is 5.91 Å². The normalized spacial score (nSPS) is 12.1. The molecular formula is C22H29FN4O3. The minimum Gasteiger partial charge on any atom is -0.495 e. The molecule has 0 fully saturated rings. The third kappa shape index (κ3) is 7.62. The van der Waals surface area contributed by atoms with E-state index < -0.39 is 0 Å². The Morgan fingerprint density at radius 1 is 1.17 bits per heavy atom. The molecule has 30 heavy (non-hydrogen) atoms. The molecule has 2 aromatic carbocycles. The topological polar surface area (TPSA) is 84.0 Å². The van der Waals surface area contributed by atoms with Crippen LogP contribution in [-0.4, -0.2) is 38.2 Å². The molecule has 1 amide bonds. The summed E-state index contributed by atoms with van der Waals surface area (Å²) < 4.78 is 24.0. The molecule has 0 aliphatic rings. The number of benzene rings is 2. The van der Waals surface area contributed by atoms with Gasteiger partial charge < -0.3 is 25.4 Å². The number of anilines is 1. The van der Waals surface area contributed by atoms with Crippen molar-refractivity contribution >= 4 is 17.6 Å². The van der Waals surface area contributed by atoms with Gasteiger partial charge in [-0.05, 0) is 55.8 Å². The molecule has 2 rings (SSSR count). The zero-order chi connectivity index (χ0) is 21.9. The van der Waals surface area contributed by atoms with Crippen LogP contribution in [0.2, 0.25) is 0 Å². The molecule has 0 aliphatic carbocycles. The van der Waals surface area contributed by atoms with Gasteiger partial charge in [0.15, 0.2) is 5.96 Å². The van der Waals surface area contributed by atoms with Crippen LogP contribution in [0.4, 0.5) is 10.1 Å². The number of rotatable bonds is 9.